The van der Waals surface area contributed by atoms with E-state index in [1.807, 2.05) is 24.3 Å². The van der Waals surface area contributed by atoms with E-state index in [9.17, 15) is 19.8 Å². The summed E-state index contributed by atoms with van der Waals surface area (Å²) in [6.07, 6.45) is 0. The fraction of sp³-hybridized carbons (Fsp3) is 0.191. The van der Waals surface area contributed by atoms with Crippen LogP contribution in [0.1, 0.15) is 90.9 Å². The fourth-order valence-corrected chi connectivity index (χ4v) is 7.64. The Labute approximate surface area is 310 Å². The van der Waals surface area contributed by atoms with Crippen molar-refractivity contribution in [1.29, 1.82) is 0 Å². The van der Waals surface area contributed by atoms with Crippen LogP contribution in [0.5, 0.6) is 11.5 Å². The lowest BCUT2D eigenvalue weighted by atomic mass is 9.67. The van der Waals surface area contributed by atoms with Gasteiger partial charge in [0.1, 0.15) is 11.5 Å². The van der Waals surface area contributed by atoms with Gasteiger partial charge in [-0.05, 0) is 106 Å². The molecule has 1 aliphatic carbocycles. The van der Waals surface area contributed by atoms with E-state index in [4.69, 9.17) is 9.47 Å². The van der Waals surface area contributed by atoms with Crippen LogP contribution in [0.2, 0.25) is 0 Å². The number of hydrogen-bond acceptors (Lipinski definition) is 4. The molecule has 53 heavy (non-hydrogen) atoms. The van der Waals surface area contributed by atoms with E-state index in [1.165, 1.54) is 22.3 Å². The lowest BCUT2D eigenvalue weighted by Crippen LogP contribution is -2.29. The van der Waals surface area contributed by atoms with Crippen molar-refractivity contribution >= 4 is 11.9 Å². The number of rotatable bonds is 12. The average molecular weight is 703 g/mol. The first-order valence-electron chi connectivity index (χ1n) is 17.9. The molecule has 6 aromatic rings. The first-order valence-corrected chi connectivity index (χ1v) is 17.9. The van der Waals surface area contributed by atoms with Gasteiger partial charge >= 0.3 is 11.9 Å². The van der Waals surface area contributed by atoms with Crippen LogP contribution in [0.15, 0.2) is 133 Å². The Kier molecular flexibility index (Phi) is 9.63. The summed E-state index contributed by atoms with van der Waals surface area (Å²) in [5.41, 5.74) is 11.2. The molecule has 1 aliphatic rings. The summed E-state index contributed by atoms with van der Waals surface area (Å²) in [5, 5.41) is 18.5. The van der Waals surface area contributed by atoms with Crippen LogP contribution in [0.4, 0.5) is 0 Å². The van der Waals surface area contributed by atoms with Crippen LogP contribution < -0.4 is 9.47 Å². The molecule has 0 heterocycles. The maximum atomic E-state index is 11.3. The summed E-state index contributed by atoms with van der Waals surface area (Å²) < 4.78 is 12.8. The van der Waals surface area contributed by atoms with Crippen LogP contribution in [0, 0.1) is 13.8 Å². The van der Waals surface area contributed by atoms with Gasteiger partial charge in [0.05, 0.1) is 29.8 Å². The van der Waals surface area contributed by atoms with Gasteiger partial charge in [0.25, 0.3) is 0 Å². The monoisotopic (exact) mass is 702 g/mol. The number of carboxylic acids is 2. The maximum absolute atomic E-state index is 11.3. The molecule has 7 rings (SSSR count). The summed E-state index contributed by atoms with van der Waals surface area (Å²) in [6.45, 7) is 9.24. The van der Waals surface area contributed by atoms with Gasteiger partial charge in [-0.3, -0.25) is 0 Å². The van der Waals surface area contributed by atoms with E-state index in [2.05, 4.69) is 113 Å². The van der Waals surface area contributed by atoms with E-state index in [0.717, 1.165) is 44.9 Å². The molecule has 0 saturated heterocycles. The highest BCUT2D eigenvalue weighted by Gasteiger charge is 2.46. The van der Waals surface area contributed by atoms with Crippen LogP contribution in [0.3, 0.4) is 0 Å². The van der Waals surface area contributed by atoms with Crippen molar-refractivity contribution in [2.45, 2.75) is 44.9 Å². The number of carboxylic acid groups (broad SMARTS) is 2. The number of aromatic carboxylic acids is 2. The molecular formula is C47H42O6. The van der Waals surface area contributed by atoms with Crippen molar-refractivity contribution in [1.82, 2.24) is 0 Å². The predicted molar refractivity (Wildman–Crippen MR) is 208 cm³/mol. The number of carbonyl (C=O) groups is 2. The second-order valence-corrected chi connectivity index (χ2v) is 14.1. The number of aryl methyl sites for hydroxylation is 2. The quantitative estimate of drug-likeness (QED) is 0.132. The van der Waals surface area contributed by atoms with Gasteiger partial charge in [-0.15, -0.1) is 0 Å². The average Bonchev–Trinajstić information content (AvgIpc) is 3.48. The predicted octanol–water partition coefficient (Wildman–Crippen LogP) is 10.4. The summed E-state index contributed by atoms with van der Waals surface area (Å²) in [5.74, 6) is -0.112. The topological polar surface area (TPSA) is 93.1 Å². The maximum Gasteiger partial charge on any atom is 0.335 e. The largest absolute Gasteiger partial charge is 0.493 e. The molecule has 0 amide bonds. The van der Waals surface area contributed by atoms with Gasteiger partial charge in [-0.2, -0.15) is 0 Å². The number of ether oxygens (including phenoxy) is 2. The van der Waals surface area contributed by atoms with Crippen LogP contribution in [-0.4, -0.2) is 35.4 Å². The van der Waals surface area contributed by atoms with Gasteiger partial charge in [0.15, 0.2) is 0 Å². The second-order valence-electron chi connectivity index (χ2n) is 14.1. The summed E-state index contributed by atoms with van der Waals surface area (Å²) in [7, 11) is 0. The highest BCUT2D eigenvalue weighted by atomic mass is 16.5. The Morgan fingerprint density at radius 3 is 1.28 bits per heavy atom. The van der Waals surface area contributed by atoms with Gasteiger partial charge in [0, 0.05) is 11.8 Å². The molecule has 2 N–H and O–H groups in total. The molecule has 0 saturated carbocycles. The Morgan fingerprint density at radius 2 is 0.925 bits per heavy atom. The Hall–Kier alpha value is -6.14. The third-order valence-corrected chi connectivity index (χ3v) is 10.6. The summed E-state index contributed by atoms with van der Waals surface area (Å²) >= 11 is 0. The van der Waals surface area contributed by atoms with Crippen molar-refractivity contribution in [3.05, 3.63) is 189 Å². The number of hydrogen-bond donors (Lipinski definition) is 2. The number of benzene rings is 6. The third kappa shape index (κ3) is 6.57. The van der Waals surface area contributed by atoms with Gasteiger partial charge in [-0.1, -0.05) is 111 Å². The Bertz CT molecular complexity index is 2140. The van der Waals surface area contributed by atoms with E-state index in [1.54, 1.807) is 24.3 Å². The first kappa shape index (κ1) is 35.3. The second kappa shape index (κ2) is 14.5. The molecule has 0 fully saturated rings. The lowest BCUT2D eigenvalue weighted by molar-refractivity contribution is 0.0686. The lowest BCUT2D eigenvalue weighted by Gasteiger charge is -2.35. The molecule has 0 aliphatic heterocycles. The van der Waals surface area contributed by atoms with E-state index < -0.39 is 17.4 Å². The molecule has 6 aromatic carbocycles. The standard InChI is InChI=1S/C47H42O6/c1-29-25-37(21-23-43(29)52-27-31(3)33-13-17-35(18-14-33)45(48)49)47(41-11-7-5-9-39(41)40-10-6-8-12-42(40)47)38-22-24-44(30(2)26-38)53-28-32(4)34-15-19-36(20-16-34)46(50)51/h5-26,31-32H,27-28H2,1-4H3,(H,48,49)(H,50,51). The van der Waals surface area contributed by atoms with Crippen LogP contribution in [0.25, 0.3) is 11.1 Å². The Balaban J connectivity index is 1.21. The van der Waals surface area contributed by atoms with Gasteiger partial charge < -0.3 is 19.7 Å². The minimum absolute atomic E-state index is 0.0704. The van der Waals surface area contributed by atoms with Crippen molar-refractivity contribution in [2.24, 2.45) is 0 Å². The smallest absolute Gasteiger partial charge is 0.335 e. The summed E-state index contributed by atoms with van der Waals surface area (Å²) in [4.78, 5) is 22.6. The minimum atomic E-state index is -0.936. The zero-order valence-corrected chi connectivity index (χ0v) is 30.3. The molecule has 2 atom stereocenters. The minimum Gasteiger partial charge on any atom is -0.493 e. The molecule has 0 aromatic heterocycles. The Morgan fingerprint density at radius 1 is 0.547 bits per heavy atom. The highest BCUT2D eigenvalue weighted by Crippen LogP contribution is 2.56. The molecular weight excluding hydrogens is 661 g/mol. The van der Waals surface area contributed by atoms with E-state index >= 15 is 0 Å². The van der Waals surface area contributed by atoms with E-state index in [-0.39, 0.29) is 23.0 Å². The van der Waals surface area contributed by atoms with Crippen LogP contribution in [-0.2, 0) is 5.41 Å². The molecule has 6 nitrogen and oxygen atoms in total. The zero-order chi connectivity index (χ0) is 37.3. The first-order chi connectivity index (χ1) is 25.6. The molecule has 0 radical (unpaired) electrons. The fourth-order valence-electron chi connectivity index (χ4n) is 7.64. The molecule has 2 unspecified atom stereocenters. The highest BCUT2D eigenvalue weighted by molar-refractivity contribution is 5.88. The van der Waals surface area contributed by atoms with Gasteiger partial charge in [-0.25, -0.2) is 9.59 Å². The molecule has 6 heteroatoms. The normalized spacial score (nSPS) is 13.7. The van der Waals surface area contributed by atoms with Crippen molar-refractivity contribution < 1.29 is 29.3 Å². The zero-order valence-electron chi connectivity index (χ0n) is 30.3. The molecule has 0 spiro atoms. The third-order valence-electron chi connectivity index (χ3n) is 10.6. The molecule has 0 bridgehead atoms. The SMILES string of the molecule is Cc1cc(C2(c3ccc(OCC(C)c4ccc(C(=O)O)cc4)c(C)c3)c3ccccc3-c3ccccc32)ccc1OCC(C)c1ccc(C(=O)O)cc1. The molecule has 266 valence electrons. The van der Waals surface area contributed by atoms with Crippen molar-refractivity contribution in [3.63, 3.8) is 0 Å². The van der Waals surface area contributed by atoms with Crippen molar-refractivity contribution in [3.8, 4) is 22.6 Å². The van der Waals surface area contributed by atoms with E-state index in [0.29, 0.717) is 13.2 Å². The van der Waals surface area contributed by atoms with Crippen molar-refractivity contribution in [2.75, 3.05) is 13.2 Å². The van der Waals surface area contributed by atoms with Crippen LogP contribution >= 0.6 is 0 Å². The number of fused-ring (bicyclic) bond motifs is 3. The summed E-state index contributed by atoms with van der Waals surface area (Å²) in [6, 6.07) is 44.3. The van der Waals surface area contributed by atoms with Gasteiger partial charge in [0.2, 0.25) is 0 Å².